The summed E-state index contributed by atoms with van der Waals surface area (Å²) in [4.78, 5) is 0. The quantitative estimate of drug-likeness (QED) is 0.260. The molecule has 3 atom stereocenters. The molecule has 0 spiro atoms. The SMILES string of the molecule is OCC1(CO)NC(O)C(O)C1O. The van der Waals surface area contributed by atoms with Gasteiger partial charge in [0.1, 0.15) is 18.4 Å². The van der Waals surface area contributed by atoms with Crippen molar-refractivity contribution in [2.24, 2.45) is 0 Å². The molecular formula is C6H13NO5. The Morgan fingerprint density at radius 1 is 1.08 bits per heavy atom. The molecule has 1 rings (SSSR count). The lowest BCUT2D eigenvalue weighted by Gasteiger charge is -2.28. The first-order chi connectivity index (χ1) is 5.57. The second kappa shape index (κ2) is 3.25. The van der Waals surface area contributed by atoms with E-state index in [1.54, 1.807) is 0 Å². The fourth-order valence-electron chi connectivity index (χ4n) is 1.29. The second-order valence-electron chi connectivity index (χ2n) is 3.00. The first-order valence-electron chi connectivity index (χ1n) is 3.61. The summed E-state index contributed by atoms with van der Waals surface area (Å²) in [6.45, 7) is -1.11. The van der Waals surface area contributed by atoms with Crippen LogP contribution in [0.1, 0.15) is 0 Å². The number of nitrogens with one attached hydrogen (secondary N) is 1. The van der Waals surface area contributed by atoms with E-state index in [-0.39, 0.29) is 0 Å². The Labute approximate surface area is 69.1 Å². The minimum atomic E-state index is -1.40. The van der Waals surface area contributed by atoms with Gasteiger partial charge in [0.15, 0.2) is 0 Å². The third kappa shape index (κ3) is 1.22. The minimum absolute atomic E-state index is 0.557. The lowest BCUT2D eigenvalue weighted by Crippen LogP contribution is -2.55. The highest BCUT2D eigenvalue weighted by Crippen LogP contribution is 2.22. The molecule has 6 N–H and O–H groups in total. The van der Waals surface area contributed by atoms with Crippen LogP contribution in [0.5, 0.6) is 0 Å². The number of hydrogen-bond acceptors (Lipinski definition) is 6. The summed E-state index contributed by atoms with van der Waals surface area (Å²) < 4.78 is 0. The van der Waals surface area contributed by atoms with Crippen molar-refractivity contribution in [3.8, 4) is 0 Å². The van der Waals surface area contributed by atoms with E-state index >= 15 is 0 Å². The Balaban J connectivity index is 2.79. The molecule has 0 aromatic rings. The van der Waals surface area contributed by atoms with E-state index in [2.05, 4.69) is 5.32 Å². The molecule has 1 fully saturated rings. The third-order valence-corrected chi connectivity index (χ3v) is 2.21. The van der Waals surface area contributed by atoms with Crippen LogP contribution in [0.2, 0.25) is 0 Å². The molecule has 1 heterocycles. The van der Waals surface area contributed by atoms with Gasteiger partial charge in [-0.1, -0.05) is 0 Å². The largest absolute Gasteiger partial charge is 0.394 e. The molecule has 0 saturated carbocycles. The molecule has 0 amide bonds. The van der Waals surface area contributed by atoms with Crippen LogP contribution in [0.25, 0.3) is 0 Å². The van der Waals surface area contributed by atoms with Gasteiger partial charge in [-0.05, 0) is 0 Å². The van der Waals surface area contributed by atoms with Crippen molar-refractivity contribution in [3.05, 3.63) is 0 Å². The Kier molecular flexibility index (Phi) is 2.67. The van der Waals surface area contributed by atoms with Crippen molar-refractivity contribution in [3.63, 3.8) is 0 Å². The van der Waals surface area contributed by atoms with Crippen LogP contribution in [0.4, 0.5) is 0 Å². The summed E-state index contributed by atoms with van der Waals surface area (Å²) in [6.07, 6.45) is -4.08. The van der Waals surface area contributed by atoms with E-state index in [0.717, 1.165) is 0 Å². The van der Waals surface area contributed by atoms with E-state index in [9.17, 15) is 5.11 Å². The van der Waals surface area contributed by atoms with Gasteiger partial charge in [0.2, 0.25) is 0 Å². The van der Waals surface area contributed by atoms with Gasteiger partial charge in [-0.15, -0.1) is 0 Å². The molecular weight excluding hydrogens is 166 g/mol. The lowest BCUT2D eigenvalue weighted by atomic mass is 9.95. The van der Waals surface area contributed by atoms with Gasteiger partial charge >= 0.3 is 0 Å². The summed E-state index contributed by atoms with van der Waals surface area (Å²) >= 11 is 0. The summed E-state index contributed by atoms with van der Waals surface area (Å²) in [5.41, 5.74) is -1.40. The summed E-state index contributed by atoms with van der Waals surface area (Å²) in [6, 6.07) is 0. The van der Waals surface area contributed by atoms with Crippen LogP contribution in [-0.2, 0) is 0 Å². The molecule has 0 aromatic heterocycles. The Morgan fingerprint density at radius 2 is 1.58 bits per heavy atom. The summed E-state index contributed by atoms with van der Waals surface area (Å²) in [5, 5.41) is 47.3. The molecule has 0 aliphatic carbocycles. The molecule has 1 aliphatic heterocycles. The molecule has 0 bridgehead atoms. The summed E-state index contributed by atoms with van der Waals surface area (Å²) in [5.74, 6) is 0. The van der Waals surface area contributed by atoms with Crippen LogP contribution < -0.4 is 5.32 Å². The monoisotopic (exact) mass is 179 g/mol. The predicted octanol–water partition coefficient (Wildman–Crippen LogP) is -3.65. The standard InChI is InChI=1S/C6H13NO5/c8-1-6(2-9)4(11)3(10)5(12)7-6/h3-5,7-12H,1-2H2. The van der Waals surface area contributed by atoms with Gasteiger partial charge in [-0.25, -0.2) is 0 Å². The molecule has 1 saturated heterocycles. The Bertz CT molecular complexity index is 160. The van der Waals surface area contributed by atoms with Crippen molar-refractivity contribution in [1.82, 2.24) is 5.32 Å². The van der Waals surface area contributed by atoms with Crippen molar-refractivity contribution in [1.29, 1.82) is 0 Å². The van der Waals surface area contributed by atoms with Gasteiger partial charge in [-0.3, -0.25) is 5.32 Å². The Hall–Kier alpha value is -0.240. The maximum atomic E-state index is 9.29. The van der Waals surface area contributed by atoms with Crippen LogP contribution in [0.3, 0.4) is 0 Å². The molecule has 6 heteroatoms. The Morgan fingerprint density at radius 3 is 1.75 bits per heavy atom. The number of rotatable bonds is 2. The van der Waals surface area contributed by atoms with Crippen LogP contribution in [0, 0.1) is 0 Å². The fourth-order valence-corrected chi connectivity index (χ4v) is 1.29. The van der Waals surface area contributed by atoms with E-state index in [1.165, 1.54) is 0 Å². The van der Waals surface area contributed by atoms with Gasteiger partial charge < -0.3 is 25.5 Å². The maximum Gasteiger partial charge on any atom is 0.134 e. The lowest BCUT2D eigenvalue weighted by molar-refractivity contribution is -0.0453. The molecule has 0 aromatic carbocycles. The first kappa shape index (κ1) is 9.85. The van der Waals surface area contributed by atoms with Crippen molar-refractivity contribution in [2.45, 2.75) is 24.0 Å². The molecule has 3 unspecified atom stereocenters. The highest BCUT2D eigenvalue weighted by atomic mass is 16.4. The molecule has 72 valence electrons. The van der Waals surface area contributed by atoms with Gasteiger partial charge in [0, 0.05) is 0 Å². The highest BCUT2D eigenvalue weighted by molar-refractivity contribution is 5.06. The maximum absolute atomic E-state index is 9.29. The number of aliphatic hydroxyl groups excluding tert-OH is 5. The van der Waals surface area contributed by atoms with Crippen molar-refractivity contribution < 1.29 is 25.5 Å². The number of hydrogen-bond donors (Lipinski definition) is 6. The molecule has 1 aliphatic rings. The zero-order valence-electron chi connectivity index (χ0n) is 6.38. The minimum Gasteiger partial charge on any atom is -0.394 e. The van der Waals surface area contributed by atoms with E-state index in [1.807, 2.05) is 0 Å². The highest BCUT2D eigenvalue weighted by Gasteiger charge is 2.51. The van der Waals surface area contributed by atoms with E-state index in [4.69, 9.17) is 20.4 Å². The molecule has 6 nitrogen and oxygen atoms in total. The van der Waals surface area contributed by atoms with E-state index < -0.39 is 37.2 Å². The molecule has 12 heavy (non-hydrogen) atoms. The van der Waals surface area contributed by atoms with Crippen LogP contribution in [-0.4, -0.2) is 62.7 Å². The van der Waals surface area contributed by atoms with E-state index in [0.29, 0.717) is 0 Å². The van der Waals surface area contributed by atoms with Gasteiger partial charge in [0.05, 0.1) is 18.8 Å². The van der Waals surface area contributed by atoms with Crippen molar-refractivity contribution >= 4 is 0 Å². The topological polar surface area (TPSA) is 113 Å². The average molecular weight is 179 g/mol. The zero-order valence-corrected chi connectivity index (χ0v) is 6.38. The van der Waals surface area contributed by atoms with Crippen LogP contribution in [0.15, 0.2) is 0 Å². The van der Waals surface area contributed by atoms with Crippen molar-refractivity contribution in [2.75, 3.05) is 13.2 Å². The smallest absolute Gasteiger partial charge is 0.134 e. The second-order valence-corrected chi connectivity index (χ2v) is 3.00. The summed E-state index contributed by atoms with van der Waals surface area (Å²) in [7, 11) is 0. The van der Waals surface area contributed by atoms with Gasteiger partial charge in [-0.2, -0.15) is 0 Å². The number of aliphatic hydroxyl groups is 5. The third-order valence-electron chi connectivity index (χ3n) is 2.21. The molecule has 0 radical (unpaired) electrons. The van der Waals surface area contributed by atoms with Gasteiger partial charge in [0.25, 0.3) is 0 Å². The average Bonchev–Trinajstić information content (AvgIpc) is 2.30. The fraction of sp³-hybridized carbons (Fsp3) is 1.00. The predicted molar refractivity (Wildman–Crippen MR) is 38.1 cm³/mol. The first-order valence-corrected chi connectivity index (χ1v) is 3.61. The normalized spacial score (nSPS) is 40.2. The zero-order chi connectivity index (χ0) is 9.35. The van der Waals surface area contributed by atoms with Crippen LogP contribution >= 0.6 is 0 Å².